The zero-order valence-electron chi connectivity index (χ0n) is 7.08. The minimum atomic E-state index is -0.499. The lowest BCUT2D eigenvalue weighted by atomic mass is 10.2. The van der Waals surface area contributed by atoms with E-state index in [9.17, 15) is 4.79 Å². The van der Waals surface area contributed by atoms with Gasteiger partial charge in [-0.2, -0.15) is 0 Å². The van der Waals surface area contributed by atoms with E-state index in [4.69, 9.17) is 10.5 Å². The Morgan fingerprint density at radius 3 is 3.00 bits per heavy atom. The van der Waals surface area contributed by atoms with Gasteiger partial charge < -0.3 is 10.5 Å². The molecule has 0 fully saturated rings. The van der Waals surface area contributed by atoms with Gasteiger partial charge in [0.05, 0.1) is 17.9 Å². The van der Waals surface area contributed by atoms with Gasteiger partial charge in [0.25, 0.3) is 5.91 Å². The zero-order chi connectivity index (χ0) is 9.84. The fraction of sp³-hybridized carbons (Fsp3) is 0.250. The molecule has 0 saturated heterocycles. The molecule has 70 valence electrons. The van der Waals surface area contributed by atoms with Crippen molar-refractivity contribution in [1.82, 2.24) is 4.98 Å². The van der Waals surface area contributed by atoms with Crippen LogP contribution in [0.3, 0.4) is 0 Å². The molecule has 1 heterocycles. The average Bonchev–Trinajstić information content (AvgIpc) is 2.08. The van der Waals surface area contributed by atoms with Crippen molar-refractivity contribution < 1.29 is 9.53 Å². The summed E-state index contributed by atoms with van der Waals surface area (Å²) in [4.78, 5) is 15.0. The van der Waals surface area contributed by atoms with Crippen LogP contribution < -0.4 is 5.73 Å². The van der Waals surface area contributed by atoms with E-state index in [2.05, 4.69) is 20.9 Å². The lowest BCUT2D eigenvalue weighted by molar-refractivity contribution is 0.0994. The van der Waals surface area contributed by atoms with Crippen molar-refractivity contribution in [2.24, 2.45) is 5.73 Å². The first-order valence-corrected chi connectivity index (χ1v) is 4.37. The highest BCUT2D eigenvalue weighted by molar-refractivity contribution is 9.10. The third-order valence-electron chi connectivity index (χ3n) is 1.48. The van der Waals surface area contributed by atoms with Gasteiger partial charge in [-0.25, -0.2) is 0 Å². The summed E-state index contributed by atoms with van der Waals surface area (Å²) < 4.78 is 5.60. The molecule has 0 atom stereocenters. The van der Waals surface area contributed by atoms with Crippen LogP contribution in [0.1, 0.15) is 16.1 Å². The van der Waals surface area contributed by atoms with E-state index in [0.717, 1.165) is 4.47 Å². The van der Waals surface area contributed by atoms with Crippen molar-refractivity contribution in [3.05, 3.63) is 28.0 Å². The third kappa shape index (κ3) is 2.50. The highest BCUT2D eigenvalue weighted by Gasteiger charge is 2.09. The maximum Gasteiger partial charge on any atom is 0.250 e. The standard InChI is InChI=1S/C8H9BrN2O2/c1-13-4-7-6(8(10)12)2-5(9)3-11-7/h2-3H,4H2,1H3,(H2,10,12). The molecule has 13 heavy (non-hydrogen) atoms. The maximum atomic E-state index is 11.0. The molecule has 1 rings (SSSR count). The van der Waals surface area contributed by atoms with Crippen LogP contribution in [-0.2, 0) is 11.3 Å². The summed E-state index contributed by atoms with van der Waals surface area (Å²) in [5.41, 5.74) is 6.10. The number of aromatic nitrogens is 1. The molecule has 0 unspecified atom stereocenters. The van der Waals surface area contributed by atoms with Crippen LogP contribution in [0, 0.1) is 0 Å². The van der Waals surface area contributed by atoms with E-state index in [1.807, 2.05) is 0 Å². The molecular formula is C8H9BrN2O2. The Bertz CT molecular complexity index is 328. The van der Waals surface area contributed by atoms with Gasteiger partial charge in [-0.05, 0) is 22.0 Å². The van der Waals surface area contributed by atoms with E-state index in [-0.39, 0.29) is 6.61 Å². The molecule has 1 aromatic heterocycles. The van der Waals surface area contributed by atoms with Gasteiger partial charge >= 0.3 is 0 Å². The number of nitrogens with zero attached hydrogens (tertiary/aromatic N) is 1. The van der Waals surface area contributed by atoms with Crippen molar-refractivity contribution in [3.63, 3.8) is 0 Å². The van der Waals surface area contributed by atoms with Gasteiger partial charge in [-0.3, -0.25) is 9.78 Å². The van der Waals surface area contributed by atoms with E-state index < -0.39 is 5.91 Å². The Hall–Kier alpha value is -0.940. The zero-order valence-corrected chi connectivity index (χ0v) is 8.67. The third-order valence-corrected chi connectivity index (χ3v) is 1.92. The first-order chi connectivity index (χ1) is 6.15. The fourth-order valence-corrected chi connectivity index (χ4v) is 1.26. The predicted octanol–water partition coefficient (Wildman–Crippen LogP) is 1.09. The lowest BCUT2D eigenvalue weighted by Crippen LogP contribution is -2.15. The Balaban J connectivity index is 3.10. The molecule has 0 aliphatic heterocycles. The molecule has 0 spiro atoms. The summed E-state index contributed by atoms with van der Waals surface area (Å²) in [5.74, 6) is -0.499. The number of primary amides is 1. The van der Waals surface area contributed by atoms with E-state index in [1.54, 1.807) is 12.3 Å². The second-order valence-corrected chi connectivity index (χ2v) is 3.36. The highest BCUT2D eigenvalue weighted by Crippen LogP contribution is 2.13. The van der Waals surface area contributed by atoms with Crippen LogP contribution in [0.2, 0.25) is 0 Å². The number of pyridine rings is 1. The number of amides is 1. The van der Waals surface area contributed by atoms with Crippen molar-refractivity contribution in [3.8, 4) is 0 Å². The van der Waals surface area contributed by atoms with E-state index >= 15 is 0 Å². The largest absolute Gasteiger partial charge is 0.378 e. The topological polar surface area (TPSA) is 65.2 Å². The molecule has 0 saturated carbocycles. The van der Waals surface area contributed by atoms with Crippen molar-refractivity contribution in [2.45, 2.75) is 6.61 Å². The molecule has 5 heteroatoms. The summed E-state index contributed by atoms with van der Waals surface area (Å²) in [7, 11) is 1.54. The first kappa shape index (κ1) is 10.1. The second kappa shape index (κ2) is 4.34. The quantitative estimate of drug-likeness (QED) is 0.866. The predicted molar refractivity (Wildman–Crippen MR) is 51.2 cm³/mol. The molecule has 0 aliphatic carbocycles. The molecule has 1 amide bonds. The average molecular weight is 245 g/mol. The number of halogens is 1. The Morgan fingerprint density at radius 1 is 1.77 bits per heavy atom. The number of rotatable bonds is 3. The van der Waals surface area contributed by atoms with Crippen molar-refractivity contribution in [2.75, 3.05) is 7.11 Å². The van der Waals surface area contributed by atoms with Crippen LogP contribution in [-0.4, -0.2) is 18.0 Å². The Kier molecular flexibility index (Phi) is 3.39. The van der Waals surface area contributed by atoms with E-state index in [1.165, 1.54) is 7.11 Å². The molecule has 0 bridgehead atoms. The summed E-state index contributed by atoms with van der Waals surface area (Å²) in [5, 5.41) is 0. The van der Waals surface area contributed by atoms with Gasteiger partial charge in [0, 0.05) is 17.8 Å². The maximum absolute atomic E-state index is 11.0. The highest BCUT2D eigenvalue weighted by atomic mass is 79.9. The molecule has 2 N–H and O–H groups in total. The smallest absolute Gasteiger partial charge is 0.250 e. The molecule has 0 radical (unpaired) electrons. The Morgan fingerprint density at radius 2 is 2.46 bits per heavy atom. The fourth-order valence-electron chi connectivity index (χ4n) is 0.933. The molecule has 0 aromatic carbocycles. The number of carbonyl (C=O) groups is 1. The normalized spacial score (nSPS) is 10.0. The van der Waals surface area contributed by atoms with Gasteiger partial charge in [-0.15, -0.1) is 0 Å². The van der Waals surface area contributed by atoms with Gasteiger partial charge in [0.2, 0.25) is 0 Å². The first-order valence-electron chi connectivity index (χ1n) is 3.58. The second-order valence-electron chi connectivity index (χ2n) is 2.45. The van der Waals surface area contributed by atoms with Crippen LogP contribution in [0.4, 0.5) is 0 Å². The number of carbonyl (C=O) groups excluding carboxylic acids is 1. The minimum absolute atomic E-state index is 0.283. The summed E-state index contributed by atoms with van der Waals surface area (Å²) in [6, 6.07) is 1.63. The van der Waals surface area contributed by atoms with Crippen molar-refractivity contribution >= 4 is 21.8 Å². The van der Waals surface area contributed by atoms with Crippen LogP contribution in [0.25, 0.3) is 0 Å². The molecule has 1 aromatic rings. The summed E-state index contributed by atoms with van der Waals surface area (Å²) in [6.07, 6.45) is 1.60. The monoisotopic (exact) mass is 244 g/mol. The SMILES string of the molecule is COCc1ncc(Br)cc1C(N)=O. The summed E-state index contributed by atoms with van der Waals surface area (Å²) in [6.45, 7) is 0.283. The number of hydrogen-bond acceptors (Lipinski definition) is 3. The van der Waals surface area contributed by atoms with Gasteiger partial charge in [-0.1, -0.05) is 0 Å². The van der Waals surface area contributed by atoms with Crippen LogP contribution >= 0.6 is 15.9 Å². The summed E-state index contributed by atoms with van der Waals surface area (Å²) >= 11 is 3.20. The number of nitrogens with two attached hydrogens (primary N) is 1. The number of methoxy groups -OCH3 is 1. The minimum Gasteiger partial charge on any atom is -0.378 e. The number of hydrogen-bond donors (Lipinski definition) is 1. The Labute approximate surface area is 84.2 Å². The van der Waals surface area contributed by atoms with Crippen LogP contribution in [0.15, 0.2) is 16.7 Å². The van der Waals surface area contributed by atoms with Crippen LogP contribution in [0.5, 0.6) is 0 Å². The van der Waals surface area contributed by atoms with E-state index in [0.29, 0.717) is 11.3 Å². The molecule has 4 nitrogen and oxygen atoms in total. The van der Waals surface area contributed by atoms with Gasteiger partial charge in [0.1, 0.15) is 0 Å². The molecule has 0 aliphatic rings. The molecular weight excluding hydrogens is 236 g/mol. The van der Waals surface area contributed by atoms with Crippen molar-refractivity contribution in [1.29, 1.82) is 0 Å². The van der Waals surface area contributed by atoms with Gasteiger partial charge in [0.15, 0.2) is 0 Å². The number of ether oxygens (including phenoxy) is 1. The lowest BCUT2D eigenvalue weighted by Gasteiger charge is -2.04.